The summed E-state index contributed by atoms with van der Waals surface area (Å²) in [5, 5.41) is 0. The minimum Gasteiger partial charge on any atom is -0.337 e. The van der Waals surface area contributed by atoms with Crippen LogP contribution in [0.3, 0.4) is 0 Å². The summed E-state index contributed by atoms with van der Waals surface area (Å²) in [5.41, 5.74) is 0. The largest absolute Gasteiger partial charge is 0.406 e. The number of imidazole rings is 1. The molecule has 3 rings (SSSR count). The molecule has 1 saturated heterocycles. The molecule has 0 N–H and O–H groups in total. The van der Waals surface area contributed by atoms with E-state index in [9.17, 15) is 26.4 Å². The maximum Gasteiger partial charge on any atom is 0.406 e. The van der Waals surface area contributed by atoms with E-state index < -0.39 is 34.7 Å². The van der Waals surface area contributed by atoms with Gasteiger partial charge in [-0.3, -0.25) is 4.79 Å². The second kappa shape index (κ2) is 8.15. The number of rotatable bonds is 6. The van der Waals surface area contributed by atoms with Crippen molar-refractivity contribution in [3.05, 3.63) is 48.5 Å². The lowest BCUT2D eigenvalue weighted by Gasteiger charge is -2.27. The van der Waals surface area contributed by atoms with Crippen LogP contribution in [0.15, 0.2) is 47.6 Å². The Hall–Kier alpha value is -2.40. The zero-order chi connectivity index (χ0) is 21.2. The number of halogens is 3. The number of hydrogen-bond acceptors (Lipinski definition) is 4. The van der Waals surface area contributed by atoms with E-state index in [0.717, 1.165) is 4.57 Å². The first-order chi connectivity index (χ1) is 13.6. The number of alkyl halides is 3. The van der Waals surface area contributed by atoms with E-state index in [-0.39, 0.29) is 23.8 Å². The molecule has 1 atom stereocenters. The average Bonchev–Trinajstić information content (AvgIpc) is 3.31. The molecule has 0 saturated carbocycles. The summed E-state index contributed by atoms with van der Waals surface area (Å²) in [5.74, 6) is -0.391. The van der Waals surface area contributed by atoms with Gasteiger partial charge in [-0.2, -0.15) is 17.5 Å². The topological polar surface area (TPSA) is 75.5 Å². The number of carbonyl (C=O) groups excluding carboxylic acids is 1. The van der Waals surface area contributed by atoms with E-state index in [1.807, 2.05) is 0 Å². The van der Waals surface area contributed by atoms with Gasteiger partial charge in [0.2, 0.25) is 15.9 Å². The molecule has 2 aromatic rings. The van der Waals surface area contributed by atoms with Gasteiger partial charge in [-0.25, -0.2) is 13.4 Å². The van der Waals surface area contributed by atoms with Crippen molar-refractivity contribution in [2.75, 3.05) is 13.6 Å². The van der Waals surface area contributed by atoms with Crippen LogP contribution in [0, 0.1) is 0 Å². The third-order valence-electron chi connectivity index (χ3n) is 4.74. The first-order valence-electron chi connectivity index (χ1n) is 8.98. The smallest absolute Gasteiger partial charge is 0.337 e. The van der Waals surface area contributed by atoms with Gasteiger partial charge in [0, 0.05) is 26.0 Å². The SMILES string of the molecule is CN(Cc1nccn1CC(F)(F)F)C(=O)C1CCCN1S(=O)(=O)c1ccccc1. The number of amides is 1. The third-order valence-corrected chi connectivity index (χ3v) is 6.67. The van der Waals surface area contributed by atoms with E-state index in [4.69, 9.17) is 0 Å². The van der Waals surface area contributed by atoms with E-state index in [1.54, 1.807) is 18.2 Å². The molecule has 1 aromatic heterocycles. The van der Waals surface area contributed by atoms with E-state index in [0.29, 0.717) is 12.8 Å². The lowest BCUT2D eigenvalue weighted by atomic mass is 10.2. The van der Waals surface area contributed by atoms with Crippen LogP contribution in [-0.4, -0.2) is 58.9 Å². The maximum atomic E-state index is 12.9. The molecular formula is C18H21F3N4O3S. The second-order valence-corrected chi connectivity index (χ2v) is 8.76. The molecule has 1 amide bonds. The molecule has 2 heterocycles. The molecule has 158 valence electrons. The minimum absolute atomic E-state index is 0.0774. The minimum atomic E-state index is -4.41. The molecule has 1 aromatic carbocycles. The van der Waals surface area contributed by atoms with Gasteiger partial charge in [0.25, 0.3) is 0 Å². The Balaban J connectivity index is 1.75. The fourth-order valence-electron chi connectivity index (χ4n) is 3.38. The van der Waals surface area contributed by atoms with Crippen LogP contribution in [0.25, 0.3) is 0 Å². The Morgan fingerprint density at radius 3 is 2.62 bits per heavy atom. The van der Waals surface area contributed by atoms with Gasteiger partial charge in [-0.05, 0) is 25.0 Å². The van der Waals surface area contributed by atoms with Crippen molar-refractivity contribution in [3.63, 3.8) is 0 Å². The van der Waals surface area contributed by atoms with Gasteiger partial charge < -0.3 is 9.47 Å². The highest BCUT2D eigenvalue weighted by Gasteiger charge is 2.40. The van der Waals surface area contributed by atoms with Crippen molar-refractivity contribution in [2.24, 2.45) is 0 Å². The maximum absolute atomic E-state index is 12.9. The van der Waals surface area contributed by atoms with Crippen LogP contribution in [0.1, 0.15) is 18.7 Å². The molecule has 0 bridgehead atoms. The number of carbonyl (C=O) groups is 1. The van der Waals surface area contributed by atoms with Crippen LogP contribution < -0.4 is 0 Å². The van der Waals surface area contributed by atoms with Crippen molar-refractivity contribution >= 4 is 15.9 Å². The van der Waals surface area contributed by atoms with Gasteiger partial charge in [0.05, 0.1) is 11.4 Å². The number of benzene rings is 1. The van der Waals surface area contributed by atoms with Crippen LogP contribution >= 0.6 is 0 Å². The number of nitrogens with zero attached hydrogens (tertiary/aromatic N) is 4. The van der Waals surface area contributed by atoms with Crippen LogP contribution in [-0.2, 0) is 27.9 Å². The van der Waals surface area contributed by atoms with Crippen LogP contribution in [0.2, 0.25) is 0 Å². The number of hydrogen-bond donors (Lipinski definition) is 0. The monoisotopic (exact) mass is 430 g/mol. The van der Waals surface area contributed by atoms with Crippen LogP contribution in [0.5, 0.6) is 0 Å². The summed E-state index contributed by atoms with van der Waals surface area (Å²) in [4.78, 5) is 18.1. The number of likely N-dealkylation sites (N-methyl/N-ethyl adjacent to an activating group) is 1. The molecule has 1 aliphatic heterocycles. The fraction of sp³-hybridized carbons (Fsp3) is 0.444. The zero-order valence-electron chi connectivity index (χ0n) is 15.7. The molecule has 0 radical (unpaired) electrons. The average molecular weight is 430 g/mol. The number of sulfonamides is 1. The molecule has 1 fully saturated rings. The van der Waals surface area contributed by atoms with Crippen molar-refractivity contribution < 1.29 is 26.4 Å². The summed E-state index contributed by atoms with van der Waals surface area (Å²) in [6.07, 6.45) is -1.10. The lowest BCUT2D eigenvalue weighted by molar-refractivity contribution is -0.141. The Labute approximate surface area is 166 Å². The fourth-order valence-corrected chi connectivity index (χ4v) is 5.05. The standard InChI is InChI=1S/C18H21F3N4O3S/c1-23(12-16-22-9-11-24(16)13-18(19,20)21)17(26)15-8-5-10-25(15)29(27,28)14-6-3-2-4-7-14/h2-4,6-7,9,11,15H,5,8,10,12-13H2,1H3. The molecule has 0 aliphatic carbocycles. The Morgan fingerprint density at radius 2 is 1.97 bits per heavy atom. The normalized spacial score (nSPS) is 18.1. The Morgan fingerprint density at radius 1 is 1.28 bits per heavy atom. The summed E-state index contributed by atoms with van der Waals surface area (Å²) < 4.78 is 66.0. The van der Waals surface area contributed by atoms with E-state index >= 15 is 0 Å². The number of aromatic nitrogens is 2. The van der Waals surface area contributed by atoms with Crippen molar-refractivity contribution in [2.45, 2.75) is 43.0 Å². The van der Waals surface area contributed by atoms with Gasteiger partial charge in [-0.1, -0.05) is 18.2 Å². The summed E-state index contributed by atoms with van der Waals surface area (Å²) >= 11 is 0. The van der Waals surface area contributed by atoms with Gasteiger partial charge >= 0.3 is 6.18 Å². The highest BCUT2D eigenvalue weighted by Crippen LogP contribution is 2.27. The van der Waals surface area contributed by atoms with E-state index in [2.05, 4.69) is 4.98 Å². The predicted molar refractivity (Wildman–Crippen MR) is 98.1 cm³/mol. The summed E-state index contributed by atoms with van der Waals surface area (Å²) in [6, 6.07) is 6.94. The Bertz CT molecular complexity index is 960. The zero-order valence-corrected chi connectivity index (χ0v) is 16.5. The van der Waals surface area contributed by atoms with Crippen LogP contribution in [0.4, 0.5) is 13.2 Å². The van der Waals surface area contributed by atoms with Gasteiger partial charge in [0.1, 0.15) is 18.4 Å². The van der Waals surface area contributed by atoms with Crippen molar-refractivity contribution in [1.29, 1.82) is 0 Å². The molecule has 0 spiro atoms. The molecule has 1 unspecified atom stereocenters. The summed E-state index contributed by atoms with van der Waals surface area (Å²) in [6.45, 7) is -1.15. The second-order valence-electron chi connectivity index (χ2n) is 6.87. The van der Waals surface area contributed by atoms with E-state index in [1.165, 1.54) is 40.8 Å². The summed E-state index contributed by atoms with van der Waals surface area (Å²) in [7, 11) is -2.41. The Kier molecular flexibility index (Phi) is 5.99. The third kappa shape index (κ3) is 4.78. The van der Waals surface area contributed by atoms with Crippen molar-refractivity contribution in [3.8, 4) is 0 Å². The molecule has 11 heteroatoms. The highest BCUT2D eigenvalue weighted by molar-refractivity contribution is 7.89. The first-order valence-corrected chi connectivity index (χ1v) is 10.4. The van der Waals surface area contributed by atoms with Gasteiger partial charge in [-0.15, -0.1) is 0 Å². The first kappa shape index (κ1) is 21.3. The van der Waals surface area contributed by atoms with Crippen molar-refractivity contribution in [1.82, 2.24) is 18.8 Å². The molecule has 7 nitrogen and oxygen atoms in total. The van der Waals surface area contributed by atoms with Gasteiger partial charge in [0.15, 0.2) is 0 Å². The predicted octanol–water partition coefficient (Wildman–Crippen LogP) is 2.26. The lowest BCUT2D eigenvalue weighted by Crippen LogP contribution is -2.46. The molecule has 29 heavy (non-hydrogen) atoms. The molecule has 1 aliphatic rings. The molecular weight excluding hydrogens is 409 g/mol. The highest BCUT2D eigenvalue weighted by atomic mass is 32.2. The quantitative estimate of drug-likeness (QED) is 0.705.